The molecule has 6 heteroatoms. The Morgan fingerprint density at radius 2 is 2.00 bits per heavy atom. The van der Waals surface area contributed by atoms with Gasteiger partial charge in [0.2, 0.25) is 0 Å². The summed E-state index contributed by atoms with van der Waals surface area (Å²) in [6.07, 6.45) is 0.612. The van der Waals surface area contributed by atoms with Gasteiger partial charge < -0.3 is 9.47 Å². The van der Waals surface area contributed by atoms with Crippen LogP contribution in [0.2, 0.25) is 0 Å². The highest BCUT2D eigenvalue weighted by atomic mass is 16.5. The van der Waals surface area contributed by atoms with Gasteiger partial charge in [0.15, 0.2) is 6.29 Å². The average molecular weight is 211 g/mol. The topological polar surface area (TPSA) is 114 Å². The van der Waals surface area contributed by atoms with Crippen molar-refractivity contribution in [1.82, 2.24) is 0 Å². The zero-order chi connectivity index (χ0) is 11.5. The molecule has 0 atom stereocenters. The lowest BCUT2D eigenvalue weighted by Gasteiger charge is -2.21. The molecule has 0 saturated heterocycles. The summed E-state index contributed by atoms with van der Waals surface area (Å²) in [5.74, 6) is -1.14. The predicted octanol–water partition coefficient (Wildman–Crippen LogP) is -0.626. The molecule has 1 aromatic rings. The van der Waals surface area contributed by atoms with Gasteiger partial charge in [-0.15, -0.1) is 0 Å². The van der Waals surface area contributed by atoms with E-state index in [4.69, 9.17) is 26.7 Å². The number of rotatable bonds is 4. The Morgan fingerprint density at radius 3 is 2.47 bits per heavy atom. The van der Waals surface area contributed by atoms with Crippen molar-refractivity contribution < 1.29 is 14.3 Å². The Labute approximate surface area is 86.9 Å². The van der Waals surface area contributed by atoms with Gasteiger partial charge in [-0.25, -0.2) is 0 Å². The molecule has 0 aromatic heterocycles. The van der Waals surface area contributed by atoms with E-state index in [1.54, 1.807) is 6.07 Å². The summed E-state index contributed by atoms with van der Waals surface area (Å²) < 4.78 is 9.94. The molecule has 0 heterocycles. The maximum Gasteiger partial charge on any atom is 0.271 e. The van der Waals surface area contributed by atoms with E-state index in [1.165, 1.54) is 19.2 Å². The summed E-state index contributed by atoms with van der Waals surface area (Å²) in [6.45, 7) is 0. The molecular weight excluding hydrogens is 198 g/mol. The maximum atomic E-state index is 10.7. The van der Waals surface area contributed by atoms with Gasteiger partial charge in [-0.05, 0) is 12.1 Å². The summed E-state index contributed by atoms with van der Waals surface area (Å²) in [6, 6.07) is 4.61. The third-order valence-electron chi connectivity index (χ3n) is 1.63. The molecule has 0 unspecified atom stereocenters. The first-order valence-electron chi connectivity index (χ1n) is 4.15. The number of carbonyl (C=O) groups excluding carboxylic acids is 1. The van der Waals surface area contributed by atoms with E-state index in [1.807, 2.05) is 0 Å². The quantitative estimate of drug-likeness (QED) is 0.451. The van der Waals surface area contributed by atoms with Crippen molar-refractivity contribution in [2.45, 2.75) is 5.97 Å². The number of hydrogen-bond acceptors (Lipinski definition) is 6. The van der Waals surface area contributed by atoms with Gasteiger partial charge in [0, 0.05) is 6.07 Å². The highest BCUT2D eigenvalue weighted by molar-refractivity contribution is 5.79. The molecule has 0 bridgehead atoms. The second-order valence-corrected chi connectivity index (χ2v) is 2.98. The minimum absolute atomic E-state index is 0.178. The summed E-state index contributed by atoms with van der Waals surface area (Å²) in [4.78, 5) is 10.7. The van der Waals surface area contributed by atoms with Crippen molar-refractivity contribution >= 4 is 6.29 Å². The summed E-state index contributed by atoms with van der Waals surface area (Å²) >= 11 is 0. The molecule has 0 radical (unpaired) electrons. The third kappa shape index (κ3) is 3.21. The highest BCUT2D eigenvalue weighted by Gasteiger charge is 2.16. The number of carbonyl (C=O) groups is 1. The first kappa shape index (κ1) is 11.4. The first-order chi connectivity index (χ1) is 6.96. The third-order valence-corrected chi connectivity index (χ3v) is 1.63. The lowest BCUT2D eigenvalue weighted by atomic mass is 10.2. The predicted molar refractivity (Wildman–Crippen MR) is 54.3 cm³/mol. The van der Waals surface area contributed by atoms with Crippen molar-refractivity contribution in [3.05, 3.63) is 23.8 Å². The van der Waals surface area contributed by atoms with E-state index in [0.717, 1.165) is 0 Å². The van der Waals surface area contributed by atoms with Crippen LogP contribution in [0.3, 0.4) is 0 Å². The van der Waals surface area contributed by atoms with Crippen LogP contribution in [0, 0.1) is 0 Å². The van der Waals surface area contributed by atoms with Crippen molar-refractivity contribution in [2.75, 3.05) is 7.11 Å². The fraction of sp³-hybridized carbons (Fsp3) is 0.222. The molecule has 1 aromatic carbocycles. The van der Waals surface area contributed by atoms with Gasteiger partial charge in [-0.2, -0.15) is 0 Å². The average Bonchev–Trinajstić information content (AvgIpc) is 2.15. The van der Waals surface area contributed by atoms with Crippen LogP contribution in [0.5, 0.6) is 11.5 Å². The van der Waals surface area contributed by atoms with Crippen LogP contribution in [-0.2, 0) is 0 Å². The smallest absolute Gasteiger partial charge is 0.271 e. The highest BCUT2D eigenvalue weighted by Crippen LogP contribution is 2.24. The summed E-state index contributed by atoms with van der Waals surface area (Å²) in [5, 5.41) is 0. The van der Waals surface area contributed by atoms with Crippen LogP contribution < -0.4 is 26.7 Å². The van der Waals surface area contributed by atoms with Crippen molar-refractivity contribution in [2.24, 2.45) is 17.2 Å². The molecule has 0 spiro atoms. The zero-order valence-electron chi connectivity index (χ0n) is 8.27. The lowest BCUT2D eigenvalue weighted by molar-refractivity contribution is 0.0875. The van der Waals surface area contributed by atoms with E-state index in [0.29, 0.717) is 17.6 Å². The summed E-state index contributed by atoms with van der Waals surface area (Å²) in [5.41, 5.74) is 16.1. The number of hydrogen-bond donors (Lipinski definition) is 3. The van der Waals surface area contributed by atoms with Crippen LogP contribution >= 0.6 is 0 Å². The van der Waals surface area contributed by atoms with Gasteiger partial charge in [0.05, 0.1) is 12.7 Å². The molecule has 6 N–H and O–H groups in total. The Hall–Kier alpha value is -1.63. The second kappa shape index (κ2) is 4.26. The van der Waals surface area contributed by atoms with Gasteiger partial charge in [0.25, 0.3) is 5.97 Å². The number of nitrogens with two attached hydrogens (primary N) is 3. The van der Waals surface area contributed by atoms with Crippen molar-refractivity contribution in [3.63, 3.8) is 0 Å². The Bertz CT molecular complexity index is 360. The van der Waals surface area contributed by atoms with Gasteiger partial charge in [-0.1, -0.05) is 0 Å². The Balaban J connectivity index is 3.06. The van der Waals surface area contributed by atoms with Gasteiger partial charge >= 0.3 is 0 Å². The Kier molecular flexibility index (Phi) is 3.25. The number of aldehydes is 1. The molecule has 0 aliphatic heterocycles. The van der Waals surface area contributed by atoms with Crippen LogP contribution in [-0.4, -0.2) is 19.4 Å². The molecule has 0 aliphatic rings. The lowest BCUT2D eigenvalue weighted by Crippen LogP contribution is -2.62. The maximum absolute atomic E-state index is 10.7. The second-order valence-electron chi connectivity index (χ2n) is 2.98. The van der Waals surface area contributed by atoms with E-state index < -0.39 is 5.97 Å². The number of methoxy groups -OCH3 is 1. The van der Waals surface area contributed by atoms with E-state index >= 15 is 0 Å². The molecule has 1 rings (SSSR count). The van der Waals surface area contributed by atoms with Crippen molar-refractivity contribution in [3.8, 4) is 11.5 Å². The normalized spacial score (nSPS) is 10.9. The fourth-order valence-corrected chi connectivity index (χ4v) is 1.02. The summed E-state index contributed by atoms with van der Waals surface area (Å²) in [7, 11) is 1.49. The standard InChI is InChI=1S/C9H13N3O3/c1-14-7-3-2-6(5-13)8(4-7)15-9(10,11)12/h2-5H,10-12H2,1H3. The van der Waals surface area contributed by atoms with Crippen LogP contribution in [0.15, 0.2) is 18.2 Å². The van der Waals surface area contributed by atoms with Crippen molar-refractivity contribution in [1.29, 1.82) is 0 Å². The van der Waals surface area contributed by atoms with E-state index in [2.05, 4.69) is 0 Å². The molecular formula is C9H13N3O3. The van der Waals surface area contributed by atoms with E-state index in [-0.39, 0.29) is 5.75 Å². The van der Waals surface area contributed by atoms with Gasteiger partial charge in [0.1, 0.15) is 11.5 Å². The minimum Gasteiger partial charge on any atom is -0.497 e. The molecule has 0 amide bonds. The molecule has 0 saturated carbocycles. The largest absolute Gasteiger partial charge is 0.497 e. The molecule has 82 valence electrons. The zero-order valence-corrected chi connectivity index (χ0v) is 8.27. The molecule has 0 aliphatic carbocycles. The van der Waals surface area contributed by atoms with Crippen LogP contribution in [0.1, 0.15) is 10.4 Å². The van der Waals surface area contributed by atoms with E-state index in [9.17, 15) is 4.79 Å². The van der Waals surface area contributed by atoms with Crippen LogP contribution in [0.4, 0.5) is 0 Å². The SMILES string of the molecule is COc1ccc(C=O)c(OC(N)(N)N)c1. The molecule has 15 heavy (non-hydrogen) atoms. The Morgan fingerprint density at radius 1 is 1.33 bits per heavy atom. The minimum atomic E-state index is -1.83. The van der Waals surface area contributed by atoms with Gasteiger partial charge in [-0.3, -0.25) is 22.0 Å². The van der Waals surface area contributed by atoms with Crippen LogP contribution in [0.25, 0.3) is 0 Å². The molecule has 0 fully saturated rings. The fourth-order valence-electron chi connectivity index (χ4n) is 1.02. The molecule has 6 nitrogen and oxygen atoms in total. The number of ether oxygens (including phenoxy) is 2. The first-order valence-corrected chi connectivity index (χ1v) is 4.15. The number of benzene rings is 1. The monoisotopic (exact) mass is 211 g/mol.